The highest BCUT2D eigenvalue weighted by molar-refractivity contribution is 5.93. The Hall–Kier alpha value is -3.61. The fourth-order valence-electron chi connectivity index (χ4n) is 2.43. The normalized spacial score (nSPS) is 10.4. The van der Waals surface area contributed by atoms with E-state index in [4.69, 9.17) is 4.74 Å². The van der Waals surface area contributed by atoms with Crippen LogP contribution >= 0.6 is 0 Å². The van der Waals surface area contributed by atoms with Gasteiger partial charge in [0.2, 0.25) is 5.91 Å². The summed E-state index contributed by atoms with van der Waals surface area (Å²) in [6, 6.07) is 12.6. The summed E-state index contributed by atoms with van der Waals surface area (Å²) in [6.07, 6.45) is 2.88. The number of carbonyl (C=O) groups excluding carboxylic acids is 3. The molecule has 0 aromatic heterocycles. The number of benzene rings is 2. The Balaban J connectivity index is 1.75. The molecule has 0 atom stereocenters. The molecule has 0 bridgehead atoms. The number of carbonyl (C=O) groups is 3. The average molecular weight is 381 g/mol. The standard InChI is InChI=1S/C21H23N3O4/c1-14-10-15(2)12-19(11-14)28-13-21(27)24-23-20(26)9-6-17-4-7-18(8-5-17)22-16(3)25/h4-12H,13H2,1-3H3,(H,22,25)(H,23,26)(H,24,27)/b9-6+. The van der Waals surface area contributed by atoms with Gasteiger partial charge in [0.05, 0.1) is 0 Å². The van der Waals surface area contributed by atoms with Crippen LogP contribution in [0, 0.1) is 13.8 Å². The molecule has 2 aromatic rings. The van der Waals surface area contributed by atoms with E-state index in [0.717, 1.165) is 16.7 Å². The van der Waals surface area contributed by atoms with Gasteiger partial charge in [-0.2, -0.15) is 0 Å². The molecule has 0 heterocycles. The van der Waals surface area contributed by atoms with Gasteiger partial charge in [0.15, 0.2) is 6.61 Å². The van der Waals surface area contributed by atoms with Crippen molar-refractivity contribution in [3.05, 3.63) is 65.2 Å². The molecule has 28 heavy (non-hydrogen) atoms. The fourth-order valence-corrected chi connectivity index (χ4v) is 2.43. The topological polar surface area (TPSA) is 96.5 Å². The summed E-state index contributed by atoms with van der Waals surface area (Å²) in [7, 11) is 0. The van der Waals surface area contributed by atoms with Crippen molar-refractivity contribution >= 4 is 29.5 Å². The van der Waals surface area contributed by atoms with E-state index >= 15 is 0 Å². The molecule has 3 N–H and O–H groups in total. The number of hydrogen-bond donors (Lipinski definition) is 3. The van der Waals surface area contributed by atoms with Gasteiger partial charge in [0.25, 0.3) is 11.8 Å². The fraction of sp³-hybridized carbons (Fsp3) is 0.190. The van der Waals surface area contributed by atoms with Gasteiger partial charge in [-0.05, 0) is 60.9 Å². The lowest BCUT2D eigenvalue weighted by molar-refractivity contribution is -0.128. The molecule has 0 saturated heterocycles. The highest BCUT2D eigenvalue weighted by Gasteiger charge is 2.05. The molecule has 0 saturated carbocycles. The Morgan fingerprint density at radius 2 is 1.61 bits per heavy atom. The van der Waals surface area contributed by atoms with Crippen molar-refractivity contribution in [3.8, 4) is 5.75 Å². The summed E-state index contributed by atoms with van der Waals surface area (Å²) < 4.78 is 5.42. The van der Waals surface area contributed by atoms with Crippen LogP contribution in [-0.2, 0) is 14.4 Å². The lowest BCUT2D eigenvalue weighted by Crippen LogP contribution is -2.43. The van der Waals surface area contributed by atoms with Crippen molar-refractivity contribution in [1.29, 1.82) is 0 Å². The van der Waals surface area contributed by atoms with Crippen molar-refractivity contribution in [1.82, 2.24) is 10.9 Å². The van der Waals surface area contributed by atoms with Crippen LogP contribution in [0.3, 0.4) is 0 Å². The molecule has 0 radical (unpaired) electrons. The van der Waals surface area contributed by atoms with E-state index in [9.17, 15) is 14.4 Å². The lowest BCUT2D eigenvalue weighted by Gasteiger charge is -2.09. The second-order valence-electron chi connectivity index (χ2n) is 6.29. The average Bonchev–Trinajstić information content (AvgIpc) is 2.63. The second-order valence-corrected chi connectivity index (χ2v) is 6.29. The third-order valence-corrected chi connectivity index (χ3v) is 3.55. The molecule has 0 aliphatic carbocycles. The van der Waals surface area contributed by atoms with E-state index in [1.807, 2.05) is 32.0 Å². The summed E-state index contributed by atoms with van der Waals surface area (Å²) in [5.41, 5.74) is 8.10. The minimum Gasteiger partial charge on any atom is -0.484 e. The molecule has 0 aliphatic heterocycles. The van der Waals surface area contributed by atoms with Gasteiger partial charge >= 0.3 is 0 Å². The van der Waals surface area contributed by atoms with Crippen LogP contribution in [0.1, 0.15) is 23.6 Å². The number of hydrogen-bond acceptors (Lipinski definition) is 4. The second kappa shape index (κ2) is 9.91. The first-order chi connectivity index (χ1) is 13.3. The third-order valence-electron chi connectivity index (χ3n) is 3.55. The van der Waals surface area contributed by atoms with Crippen LogP contribution < -0.4 is 20.9 Å². The van der Waals surface area contributed by atoms with Crippen LogP contribution in [0.4, 0.5) is 5.69 Å². The molecule has 0 spiro atoms. The number of amides is 3. The Bertz CT molecular complexity index is 869. The van der Waals surface area contributed by atoms with Gasteiger partial charge in [0.1, 0.15) is 5.75 Å². The van der Waals surface area contributed by atoms with Crippen molar-refractivity contribution < 1.29 is 19.1 Å². The Morgan fingerprint density at radius 3 is 2.21 bits per heavy atom. The summed E-state index contributed by atoms with van der Waals surface area (Å²) in [5.74, 6) is -0.507. The first-order valence-electron chi connectivity index (χ1n) is 8.67. The van der Waals surface area contributed by atoms with Crippen LogP contribution in [0.5, 0.6) is 5.75 Å². The zero-order chi connectivity index (χ0) is 20.5. The molecular weight excluding hydrogens is 358 g/mol. The molecule has 2 aromatic carbocycles. The molecule has 7 heteroatoms. The maximum atomic E-state index is 11.8. The van der Waals surface area contributed by atoms with Crippen molar-refractivity contribution in [2.24, 2.45) is 0 Å². The number of rotatable bonds is 6. The number of nitrogens with one attached hydrogen (secondary N) is 3. The highest BCUT2D eigenvalue weighted by atomic mass is 16.5. The quantitative estimate of drug-likeness (QED) is 0.529. The monoisotopic (exact) mass is 381 g/mol. The third kappa shape index (κ3) is 7.33. The molecule has 2 rings (SSSR count). The van der Waals surface area contributed by atoms with E-state index in [1.54, 1.807) is 30.3 Å². The number of hydrazine groups is 1. The van der Waals surface area contributed by atoms with E-state index in [-0.39, 0.29) is 12.5 Å². The predicted molar refractivity (Wildman–Crippen MR) is 107 cm³/mol. The smallest absolute Gasteiger partial charge is 0.276 e. The van der Waals surface area contributed by atoms with Crippen LogP contribution in [-0.4, -0.2) is 24.3 Å². The molecule has 146 valence electrons. The van der Waals surface area contributed by atoms with Crippen LogP contribution in [0.15, 0.2) is 48.5 Å². The number of aryl methyl sites for hydroxylation is 2. The highest BCUT2D eigenvalue weighted by Crippen LogP contribution is 2.15. The molecule has 3 amide bonds. The van der Waals surface area contributed by atoms with Crippen molar-refractivity contribution in [2.75, 3.05) is 11.9 Å². The first kappa shape index (κ1) is 20.7. The van der Waals surface area contributed by atoms with Gasteiger partial charge in [0, 0.05) is 18.7 Å². The Labute approximate surface area is 163 Å². The van der Waals surface area contributed by atoms with Crippen LogP contribution in [0.2, 0.25) is 0 Å². The molecule has 7 nitrogen and oxygen atoms in total. The van der Waals surface area contributed by atoms with Crippen molar-refractivity contribution in [2.45, 2.75) is 20.8 Å². The van der Waals surface area contributed by atoms with Crippen molar-refractivity contribution in [3.63, 3.8) is 0 Å². The summed E-state index contributed by atoms with van der Waals surface area (Å²) in [5, 5.41) is 2.66. The summed E-state index contributed by atoms with van der Waals surface area (Å²) >= 11 is 0. The summed E-state index contributed by atoms with van der Waals surface area (Å²) in [6.45, 7) is 5.11. The number of ether oxygens (including phenoxy) is 1. The van der Waals surface area contributed by atoms with Crippen LogP contribution in [0.25, 0.3) is 6.08 Å². The zero-order valence-corrected chi connectivity index (χ0v) is 16.0. The zero-order valence-electron chi connectivity index (χ0n) is 16.0. The SMILES string of the molecule is CC(=O)Nc1ccc(/C=C/C(=O)NNC(=O)COc2cc(C)cc(C)c2)cc1. The van der Waals surface area contributed by atoms with Gasteiger partial charge < -0.3 is 10.1 Å². The summed E-state index contributed by atoms with van der Waals surface area (Å²) in [4.78, 5) is 34.5. The molecule has 0 aliphatic rings. The molecule has 0 unspecified atom stereocenters. The van der Waals surface area contributed by atoms with Gasteiger partial charge in [-0.1, -0.05) is 18.2 Å². The van der Waals surface area contributed by atoms with Gasteiger partial charge in [-0.3, -0.25) is 25.2 Å². The maximum Gasteiger partial charge on any atom is 0.276 e. The minimum absolute atomic E-state index is 0.153. The maximum absolute atomic E-state index is 11.8. The Kier molecular flexibility index (Phi) is 7.33. The van der Waals surface area contributed by atoms with E-state index in [0.29, 0.717) is 11.4 Å². The van der Waals surface area contributed by atoms with Gasteiger partial charge in [-0.25, -0.2) is 0 Å². The van der Waals surface area contributed by atoms with Gasteiger partial charge in [-0.15, -0.1) is 0 Å². The van der Waals surface area contributed by atoms with E-state index < -0.39 is 11.8 Å². The largest absolute Gasteiger partial charge is 0.484 e. The minimum atomic E-state index is -0.481. The van der Waals surface area contributed by atoms with E-state index in [2.05, 4.69) is 16.2 Å². The lowest BCUT2D eigenvalue weighted by atomic mass is 10.1. The molecule has 0 fully saturated rings. The number of anilines is 1. The predicted octanol–water partition coefficient (Wildman–Crippen LogP) is 2.50. The first-order valence-corrected chi connectivity index (χ1v) is 8.67. The van der Waals surface area contributed by atoms with E-state index in [1.165, 1.54) is 13.0 Å². The molecular formula is C21H23N3O4. The Morgan fingerprint density at radius 1 is 0.964 bits per heavy atom.